The molecule has 1 aromatic rings. The second kappa shape index (κ2) is 7.07. The molecule has 0 radical (unpaired) electrons. The van der Waals surface area contributed by atoms with Crippen molar-refractivity contribution in [2.45, 2.75) is 64.5 Å². The fraction of sp³-hybridized carbons (Fsp3) is 0.750. The standard InChI is InChI=1S/C16H28N4O/c1-5-13-14(17-4)18-11-19-15(13)20-12-8-9-21-16(6-2,7-3)10-12/h11-12H,5-10H2,1-4H3,(H2,17,18,19,20). The molecule has 5 nitrogen and oxygen atoms in total. The highest BCUT2D eigenvalue weighted by Gasteiger charge is 2.34. The van der Waals surface area contributed by atoms with E-state index in [1.165, 1.54) is 0 Å². The number of hydrogen-bond donors (Lipinski definition) is 2. The molecule has 0 saturated carbocycles. The van der Waals surface area contributed by atoms with E-state index in [2.05, 4.69) is 41.4 Å². The van der Waals surface area contributed by atoms with Crippen LogP contribution in [0.4, 0.5) is 11.6 Å². The number of aromatic nitrogens is 2. The van der Waals surface area contributed by atoms with Crippen LogP contribution in [0.1, 0.15) is 52.0 Å². The van der Waals surface area contributed by atoms with Crippen molar-refractivity contribution < 1.29 is 4.74 Å². The van der Waals surface area contributed by atoms with Gasteiger partial charge in [0.05, 0.1) is 5.60 Å². The number of ether oxygens (including phenoxy) is 1. The van der Waals surface area contributed by atoms with Crippen LogP contribution >= 0.6 is 0 Å². The van der Waals surface area contributed by atoms with Gasteiger partial charge < -0.3 is 15.4 Å². The SMILES string of the molecule is CCc1c(NC)ncnc1NC1CCOC(CC)(CC)C1. The first-order valence-corrected chi connectivity index (χ1v) is 8.10. The van der Waals surface area contributed by atoms with Gasteiger partial charge in [-0.1, -0.05) is 20.8 Å². The largest absolute Gasteiger partial charge is 0.375 e. The van der Waals surface area contributed by atoms with Gasteiger partial charge in [0.1, 0.15) is 18.0 Å². The van der Waals surface area contributed by atoms with Crippen molar-refractivity contribution in [1.82, 2.24) is 9.97 Å². The number of hydrogen-bond acceptors (Lipinski definition) is 5. The van der Waals surface area contributed by atoms with E-state index >= 15 is 0 Å². The van der Waals surface area contributed by atoms with E-state index in [9.17, 15) is 0 Å². The molecule has 0 bridgehead atoms. The van der Waals surface area contributed by atoms with Crippen molar-refractivity contribution in [2.24, 2.45) is 0 Å². The molecule has 21 heavy (non-hydrogen) atoms. The lowest BCUT2D eigenvalue weighted by Crippen LogP contribution is -2.43. The smallest absolute Gasteiger partial charge is 0.134 e. The minimum Gasteiger partial charge on any atom is -0.375 e. The van der Waals surface area contributed by atoms with E-state index in [0.29, 0.717) is 6.04 Å². The Balaban J connectivity index is 2.14. The van der Waals surface area contributed by atoms with Crippen LogP contribution in [0.15, 0.2) is 6.33 Å². The zero-order valence-electron chi connectivity index (χ0n) is 13.7. The second-order valence-corrected chi connectivity index (χ2v) is 5.73. The van der Waals surface area contributed by atoms with Crippen LogP contribution in [0.3, 0.4) is 0 Å². The van der Waals surface area contributed by atoms with Crippen molar-refractivity contribution in [3.8, 4) is 0 Å². The van der Waals surface area contributed by atoms with Crippen LogP contribution in [-0.2, 0) is 11.2 Å². The number of anilines is 2. The Hall–Kier alpha value is -1.36. The van der Waals surface area contributed by atoms with Crippen molar-refractivity contribution >= 4 is 11.6 Å². The molecule has 1 atom stereocenters. The highest BCUT2D eigenvalue weighted by Crippen LogP contribution is 2.33. The van der Waals surface area contributed by atoms with E-state index in [-0.39, 0.29) is 5.60 Å². The molecule has 1 fully saturated rings. The van der Waals surface area contributed by atoms with Crippen LogP contribution in [0.5, 0.6) is 0 Å². The van der Waals surface area contributed by atoms with Gasteiger partial charge in [0, 0.05) is 25.3 Å². The lowest BCUT2D eigenvalue weighted by Gasteiger charge is -2.40. The molecule has 0 spiro atoms. The molecule has 2 heterocycles. The lowest BCUT2D eigenvalue weighted by atomic mass is 9.86. The molecule has 1 aliphatic rings. The Morgan fingerprint density at radius 1 is 1.24 bits per heavy atom. The van der Waals surface area contributed by atoms with Gasteiger partial charge in [0.15, 0.2) is 0 Å². The third-order valence-corrected chi connectivity index (χ3v) is 4.66. The van der Waals surface area contributed by atoms with Crippen LogP contribution in [0.25, 0.3) is 0 Å². The third kappa shape index (κ3) is 3.46. The molecule has 1 aromatic heterocycles. The number of nitrogens with zero attached hydrogens (tertiary/aromatic N) is 2. The molecule has 0 aromatic carbocycles. The third-order valence-electron chi connectivity index (χ3n) is 4.66. The predicted octanol–water partition coefficient (Wildman–Crippen LogP) is 3.23. The van der Waals surface area contributed by atoms with Gasteiger partial charge in [-0.05, 0) is 32.1 Å². The Labute approximate surface area is 127 Å². The maximum Gasteiger partial charge on any atom is 0.134 e. The summed E-state index contributed by atoms with van der Waals surface area (Å²) >= 11 is 0. The summed E-state index contributed by atoms with van der Waals surface area (Å²) in [6.07, 6.45) is 6.74. The second-order valence-electron chi connectivity index (χ2n) is 5.73. The normalized spacial score (nSPS) is 21.0. The summed E-state index contributed by atoms with van der Waals surface area (Å²) in [7, 11) is 1.90. The average molecular weight is 292 g/mol. The minimum absolute atomic E-state index is 0.0289. The first-order valence-electron chi connectivity index (χ1n) is 8.10. The minimum atomic E-state index is 0.0289. The molecule has 5 heteroatoms. The first-order chi connectivity index (χ1) is 10.2. The summed E-state index contributed by atoms with van der Waals surface area (Å²) in [5, 5.41) is 6.77. The van der Waals surface area contributed by atoms with Crippen molar-refractivity contribution in [1.29, 1.82) is 0 Å². The highest BCUT2D eigenvalue weighted by atomic mass is 16.5. The average Bonchev–Trinajstić information content (AvgIpc) is 2.54. The molecule has 0 aliphatic carbocycles. The quantitative estimate of drug-likeness (QED) is 0.843. The van der Waals surface area contributed by atoms with Gasteiger partial charge in [-0.25, -0.2) is 9.97 Å². The summed E-state index contributed by atoms with van der Waals surface area (Å²) in [4.78, 5) is 8.74. The van der Waals surface area contributed by atoms with E-state index in [4.69, 9.17) is 4.74 Å². The number of rotatable bonds is 6. The molecule has 1 saturated heterocycles. The lowest BCUT2D eigenvalue weighted by molar-refractivity contribution is -0.0864. The predicted molar refractivity (Wildman–Crippen MR) is 86.9 cm³/mol. The van der Waals surface area contributed by atoms with Crippen LogP contribution < -0.4 is 10.6 Å². The Morgan fingerprint density at radius 2 is 1.95 bits per heavy atom. The van der Waals surface area contributed by atoms with Crippen LogP contribution in [0, 0.1) is 0 Å². The first kappa shape index (κ1) is 16.0. The summed E-state index contributed by atoms with van der Waals surface area (Å²) in [6.45, 7) is 7.39. The molecule has 1 aliphatic heterocycles. The molecule has 1 unspecified atom stereocenters. The van der Waals surface area contributed by atoms with Crippen molar-refractivity contribution in [3.63, 3.8) is 0 Å². The van der Waals surface area contributed by atoms with Gasteiger partial charge >= 0.3 is 0 Å². The number of nitrogens with one attached hydrogen (secondary N) is 2. The molecular weight excluding hydrogens is 264 g/mol. The van der Waals surface area contributed by atoms with Gasteiger partial charge in [-0.2, -0.15) is 0 Å². The zero-order valence-corrected chi connectivity index (χ0v) is 13.7. The maximum atomic E-state index is 6.05. The summed E-state index contributed by atoms with van der Waals surface area (Å²) in [6, 6.07) is 0.420. The highest BCUT2D eigenvalue weighted by molar-refractivity contribution is 5.57. The Morgan fingerprint density at radius 3 is 2.57 bits per heavy atom. The summed E-state index contributed by atoms with van der Waals surface area (Å²) in [5.41, 5.74) is 1.19. The monoisotopic (exact) mass is 292 g/mol. The molecular formula is C16H28N4O. The van der Waals surface area contributed by atoms with Crippen molar-refractivity contribution in [3.05, 3.63) is 11.9 Å². The van der Waals surface area contributed by atoms with E-state index in [1.54, 1.807) is 6.33 Å². The van der Waals surface area contributed by atoms with Gasteiger partial charge in [-0.15, -0.1) is 0 Å². The Kier molecular flexibility index (Phi) is 5.39. The Bertz CT molecular complexity index is 460. The molecule has 0 amide bonds. The van der Waals surface area contributed by atoms with Crippen LogP contribution in [0.2, 0.25) is 0 Å². The van der Waals surface area contributed by atoms with E-state index in [0.717, 1.165) is 55.9 Å². The van der Waals surface area contributed by atoms with Crippen molar-refractivity contribution in [2.75, 3.05) is 24.3 Å². The van der Waals surface area contributed by atoms with E-state index < -0.39 is 0 Å². The zero-order chi connectivity index (χ0) is 15.3. The fourth-order valence-electron chi connectivity index (χ4n) is 3.17. The summed E-state index contributed by atoms with van der Waals surface area (Å²) < 4.78 is 6.05. The maximum absolute atomic E-state index is 6.05. The topological polar surface area (TPSA) is 59.1 Å². The van der Waals surface area contributed by atoms with Gasteiger partial charge in [-0.3, -0.25) is 0 Å². The molecule has 118 valence electrons. The van der Waals surface area contributed by atoms with E-state index in [1.807, 2.05) is 7.05 Å². The molecule has 2 rings (SSSR count). The van der Waals surface area contributed by atoms with Crippen LogP contribution in [-0.4, -0.2) is 35.3 Å². The fourth-order valence-corrected chi connectivity index (χ4v) is 3.17. The van der Waals surface area contributed by atoms with Gasteiger partial charge in [0.2, 0.25) is 0 Å². The van der Waals surface area contributed by atoms with Gasteiger partial charge in [0.25, 0.3) is 0 Å². The molecule has 2 N–H and O–H groups in total. The summed E-state index contributed by atoms with van der Waals surface area (Å²) in [5.74, 6) is 1.88.